The molecule has 42 heavy (non-hydrogen) atoms. The first kappa shape index (κ1) is 31.7. The number of aryl methyl sites for hydroxylation is 1. The molecule has 2 atom stereocenters. The van der Waals surface area contributed by atoms with Crippen LogP contribution in [0, 0.1) is 18.3 Å². The molecule has 8 nitrogen and oxygen atoms in total. The van der Waals surface area contributed by atoms with E-state index in [9.17, 15) is 49.6 Å². The number of unbranched alkanes of at least 4 members (excludes halogenated alkanes) is 1. The van der Waals surface area contributed by atoms with Crippen molar-refractivity contribution in [2.24, 2.45) is 0 Å². The van der Waals surface area contributed by atoms with Gasteiger partial charge in [-0.3, -0.25) is 9.59 Å². The number of aromatic nitrogens is 1. The molecule has 2 amide bonds. The molecule has 1 aliphatic carbocycles. The molecule has 2 fully saturated rings. The molecule has 1 N–H and O–H groups in total. The van der Waals surface area contributed by atoms with Crippen molar-refractivity contribution in [2.75, 3.05) is 6.54 Å². The summed E-state index contributed by atoms with van der Waals surface area (Å²) >= 11 is 1.12. The van der Waals surface area contributed by atoms with Gasteiger partial charge in [-0.2, -0.15) is 31.6 Å². The lowest BCUT2D eigenvalue weighted by Crippen LogP contribution is -2.49. The van der Waals surface area contributed by atoms with Gasteiger partial charge in [0, 0.05) is 25.6 Å². The highest BCUT2D eigenvalue weighted by molar-refractivity contribution is 7.92. The Labute approximate surface area is 241 Å². The average Bonchev–Trinajstić information content (AvgIpc) is 3.30. The van der Waals surface area contributed by atoms with E-state index in [4.69, 9.17) is 0 Å². The average molecular weight is 637 g/mol. The molecule has 1 aromatic heterocycles. The number of nitrogens with zero attached hydrogens (tertiary/aromatic N) is 3. The smallest absolute Gasteiger partial charge is 0.336 e. The van der Waals surface area contributed by atoms with E-state index >= 15 is 0 Å². The van der Waals surface area contributed by atoms with Gasteiger partial charge in [-0.1, -0.05) is 6.07 Å². The van der Waals surface area contributed by atoms with Crippen LogP contribution in [0.1, 0.15) is 55.5 Å². The van der Waals surface area contributed by atoms with Gasteiger partial charge in [-0.25, -0.2) is 13.4 Å². The van der Waals surface area contributed by atoms with Crippen molar-refractivity contribution in [3.8, 4) is 16.5 Å². The second kappa shape index (κ2) is 11.5. The predicted octanol–water partition coefficient (Wildman–Crippen LogP) is 5.18. The fourth-order valence-electron chi connectivity index (χ4n) is 4.83. The molecule has 1 saturated carbocycles. The fourth-order valence-corrected chi connectivity index (χ4v) is 7.49. The standard InChI is InChI=1S/C26H26F6N4O4S2/c1-15-34-12-20(41-15)16-5-6-21(18(10-16)26(30,31)32)42(39,40)17-11-19(23(38)35-24(14-33)8-9-24)36(13-17)22(37)4-2-3-7-25(27,28)29/h5-6,10,12,17,19H,2-4,7-9,11,13H2,1H3,(H,35,38)/t17-,19+/m1/s1. The first-order valence-electron chi connectivity index (χ1n) is 12.9. The maximum absolute atomic E-state index is 14.1. The Bertz CT molecular complexity index is 1510. The van der Waals surface area contributed by atoms with Crippen LogP contribution >= 0.6 is 11.3 Å². The molecule has 16 heteroatoms. The second-order valence-corrected chi connectivity index (χ2v) is 13.9. The Balaban J connectivity index is 1.63. The van der Waals surface area contributed by atoms with Crippen LogP contribution in [0.4, 0.5) is 26.3 Å². The lowest BCUT2D eigenvalue weighted by molar-refractivity contribution is -0.140. The van der Waals surface area contributed by atoms with E-state index in [1.54, 1.807) is 6.92 Å². The highest BCUT2D eigenvalue weighted by Gasteiger charge is 2.51. The van der Waals surface area contributed by atoms with Gasteiger partial charge in [-0.05, 0) is 56.7 Å². The van der Waals surface area contributed by atoms with Gasteiger partial charge in [0.25, 0.3) is 0 Å². The molecule has 1 aromatic carbocycles. The number of thiazole rings is 1. The molecule has 2 aromatic rings. The topological polar surface area (TPSA) is 120 Å². The maximum Gasteiger partial charge on any atom is 0.417 e. The Morgan fingerprint density at radius 2 is 1.88 bits per heavy atom. The predicted molar refractivity (Wildman–Crippen MR) is 139 cm³/mol. The van der Waals surface area contributed by atoms with Crippen molar-refractivity contribution >= 4 is 33.0 Å². The molecule has 1 aliphatic heterocycles. The minimum Gasteiger partial charge on any atom is -0.336 e. The summed E-state index contributed by atoms with van der Waals surface area (Å²) in [6.07, 6.45) is -10.1. The zero-order chi connectivity index (χ0) is 31.1. The first-order chi connectivity index (χ1) is 19.5. The number of carbonyl (C=O) groups excluding carboxylic acids is 2. The Morgan fingerprint density at radius 1 is 1.19 bits per heavy atom. The molecule has 228 valence electrons. The van der Waals surface area contributed by atoms with E-state index in [0.717, 1.165) is 22.3 Å². The number of alkyl halides is 6. The van der Waals surface area contributed by atoms with Crippen molar-refractivity contribution in [3.05, 3.63) is 35.0 Å². The number of hydrogen-bond donors (Lipinski definition) is 1. The van der Waals surface area contributed by atoms with Crippen LogP contribution in [0.3, 0.4) is 0 Å². The number of nitrogens with one attached hydrogen (secondary N) is 1. The molecule has 2 aliphatic rings. The number of rotatable bonds is 9. The lowest BCUT2D eigenvalue weighted by Gasteiger charge is -2.25. The molecule has 2 heterocycles. The first-order valence-corrected chi connectivity index (χ1v) is 15.3. The summed E-state index contributed by atoms with van der Waals surface area (Å²) in [5.41, 5.74) is -2.48. The normalized spacial score (nSPS) is 20.3. The van der Waals surface area contributed by atoms with E-state index < -0.39 is 87.1 Å². The summed E-state index contributed by atoms with van der Waals surface area (Å²) in [4.78, 5) is 30.4. The van der Waals surface area contributed by atoms with Gasteiger partial charge in [0.05, 0.1) is 31.7 Å². The lowest BCUT2D eigenvalue weighted by atomic mass is 10.1. The third kappa shape index (κ3) is 7.05. The van der Waals surface area contributed by atoms with E-state index in [0.29, 0.717) is 28.8 Å². The maximum atomic E-state index is 14.1. The molecule has 0 bridgehead atoms. The van der Waals surface area contributed by atoms with E-state index in [2.05, 4.69) is 10.3 Å². The third-order valence-electron chi connectivity index (χ3n) is 7.25. The summed E-state index contributed by atoms with van der Waals surface area (Å²) < 4.78 is 107. The molecule has 0 radical (unpaired) electrons. The van der Waals surface area contributed by atoms with Crippen LogP contribution in [-0.2, 0) is 25.6 Å². The number of likely N-dealkylation sites (tertiary alicyclic amines) is 1. The minimum absolute atomic E-state index is 0.109. The van der Waals surface area contributed by atoms with Crippen LogP contribution in [0.15, 0.2) is 29.3 Å². The quantitative estimate of drug-likeness (QED) is 0.300. The van der Waals surface area contributed by atoms with Crippen molar-refractivity contribution in [3.63, 3.8) is 0 Å². The van der Waals surface area contributed by atoms with Crippen molar-refractivity contribution in [1.29, 1.82) is 5.26 Å². The highest BCUT2D eigenvalue weighted by Crippen LogP contribution is 2.41. The van der Waals surface area contributed by atoms with Crippen LogP contribution in [0.5, 0.6) is 0 Å². The number of benzene rings is 1. The van der Waals surface area contributed by atoms with Gasteiger partial charge in [-0.15, -0.1) is 11.3 Å². The van der Waals surface area contributed by atoms with Crippen molar-refractivity contribution in [1.82, 2.24) is 15.2 Å². The van der Waals surface area contributed by atoms with E-state index in [1.165, 1.54) is 12.3 Å². The second-order valence-electron chi connectivity index (χ2n) is 10.4. The summed E-state index contributed by atoms with van der Waals surface area (Å²) in [5.74, 6) is -1.65. The number of carbonyl (C=O) groups is 2. The number of halogens is 6. The van der Waals surface area contributed by atoms with Crippen LogP contribution in [0.25, 0.3) is 10.4 Å². The van der Waals surface area contributed by atoms with Crippen molar-refractivity contribution in [2.45, 2.75) is 85.9 Å². The largest absolute Gasteiger partial charge is 0.417 e. The summed E-state index contributed by atoms with van der Waals surface area (Å²) in [7, 11) is -4.78. The highest BCUT2D eigenvalue weighted by atomic mass is 32.2. The molecule has 4 rings (SSSR count). The number of sulfone groups is 1. The summed E-state index contributed by atoms with van der Waals surface area (Å²) in [6.45, 7) is 1.03. The zero-order valence-electron chi connectivity index (χ0n) is 22.2. The summed E-state index contributed by atoms with van der Waals surface area (Å²) in [5, 5.41) is 10.8. The van der Waals surface area contributed by atoms with Gasteiger partial charge >= 0.3 is 12.4 Å². The van der Waals surface area contributed by atoms with Crippen molar-refractivity contribution < 1.29 is 44.3 Å². The number of hydrogen-bond acceptors (Lipinski definition) is 7. The number of amides is 2. The SMILES string of the molecule is Cc1ncc(-c2ccc(S(=O)(=O)[C@@H]3C[C@@H](C(=O)NC4(C#N)CC4)N(C(=O)CCCCC(F)(F)F)C3)c(C(F)(F)F)c2)s1. The minimum atomic E-state index is -5.06. The van der Waals surface area contributed by atoms with Gasteiger partial charge in [0.2, 0.25) is 11.8 Å². The molecule has 1 saturated heterocycles. The van der Waals surface area contributed by atoms with Gasteiger partial charge < -0.3 is 10.2 Å². The molecule has 0 spiro atoms. The molecular weight excluding hydrogens is 610 g/mol. The van der Waals surface area contributed by atoms with Crippen LogP contribution in [-0.4, -0.2) is 59.7 Å². The summed E-state index contributed by atoms with van der Waals surface area (Å²) in [6, 6.07) is 3.28. The van der Waals surface area contributed by atoms with Gasteiger partial charge in [0.1, 0.15) is 11.6 Å². The fraction of sp³-hybridized carbons (Fsp3) is 0.538. The van der Waals surface area contributed by atoms with Crippen LogP contribution in [0.2, 0.25) is 0 Å². The Morgan fingerprint density at radius 3 is 2.43 bits per heavy atom. The zero-order valence-corrected chi connectivity index (χ0v) is 23.8. The monoisotopic (exact) mass is 636 g/mol. The van der Waals surface area contributed by atoms with Gasteiger partial charge in [0.15, 0.2) is 9.84 Å². The molecule has 0 unspecified atom stereocenters. The number of nitriles is 1. The third-order valence-corrected chi connectivity index (χ3v) is 10.4. The van der Waals surface area contributed by atoms with E-state index in [1.807, 2.05) is 6.07 Å². The Kier molecular flexibility index (Phi) is 8.67. The molecular formula is C26H26F6N4O4S2. The van der Waals surface area contributed by atoms with E-state index in [-0.39, 0.29) is 18.4 Å². The van der Waals surface area contributed by atoms with Crippen LogP contribution < -0.4 is 5.32 Å². The Hall–Kier alpha value is -3.19.